The summed E-state index contributed by atoms with van der Waals surface area (Å²) in [6.07, 6.45) is 6.43. The number of hydrogen-bond acceptors (Lipinski definition) is 0. The normalized spacial score (nSPS) is 11.2. The molecule has 0 radical (unpaired) electrons. The maximum Gasteiger partial charge on any atom is 0.173 e. The highest BCUT2D eigenvalue weighted by atomic mass is 19.1. The molecule has 0 aliphatic rings. The molecule has 21 heavy (non-hydrogen) atoms. The molecule has 104 valence electrons. The molecule has 0 bridgehead atoms. The minimum Gasteiger partial charge on any atom is -0.197 e. The van der Waals surface area contributed by atoms with Crippen LogP contribution < -0.4 is 0 Å². The molecule has 0 N–H and O–H groups in total. The van der Waals surface area contributed by atoms with E-state index in [9.17, 15) is 4.39 Å². The van der Waals surface area contributed by atoms with Crippen molar-refractivity contribution >= 4 is 6.08 Å². The minimum atomic E-state index is -0.407. The Morgan fingerprint density at radius 2 is 1.62 bits per heavy atom. The predicted molar refractivity (Wildman–Crippen MR) is 87.2 cm³/mol. The molecular weight excluding hydrogens is 259 g/mol. The van der Waals surface area contributed by atoms with Gasteiger partial charge in [-0.15, -0.1) is 0 Å². The lowest BCUT2D eigenvalue weighted by molar-refractivity contribution is 0.675. The number of aryl methyl sites for hydroxylation is 1. The second kappa shape index (κ2) is 8.55. The van der Waals surface area contributed by atoms with Gasteiger partial charge in [-0.05, 0) is 29.5 Å². The molecule has 0 saturated carbocycles. The van der Waals surface area contributed by atoms with Crippen molar-refractivity contribution in [2.24, 2.45) is 0 Å². The second-order valence-electron chi connectivity index (χ2n) is 4.57. The average molecular weight is 276 g/mol. The van der Waals surface area contributed by atoms with Gasteiger partial charge in [-0.25, -0.2) is 0 Å². The molecule has 0 fully saturated rings. The van der Waals surface area contributed by atoms with E-state index in [1.807, 2.05) is 54.6 Å². The number of rotatable bonds is 4. The van der Waals surface area contributed by atoms with Crippen LogP contribution in [0.1, 0.15) is 17.5 Å². The van der Waals surface area contributed by atoms with Crippen LogP contribution in [-0.2, 0) is 6.42 Å². The van der Waals surface area contributed by atoms with Gasteiger partial charge in [0.1, 0.15) is 0 Å². The van der Waals surface area contributed by atoms with E-state index in [1.165, 1.54) is 11.6 Å². The first-order valence-electron chi connectivity index (χ1n) is 6.96. The van der Waals surface area contributed by atoms with Gasteiger partial charge in [0.2, 0.25) is 0 Å². The van der Waals surface area contributed by atoms with Gasteiger partial charge in [0, 0.05) is 6.42 Å². The highest BCUT2D eigenvalue weighted by Gasteiger charge is 1.89. The molecule has 0 spiro atoms. The highest BCUT2D eigenvalue weighted by Crippen LogP contribution is 2.04. The lowest BCUT2D eigenvalue weighted by atomic mass is 10.1. The van der Waals surface area contributed by atoms with Crippen LogP contribution in [0.25, 0.3) is 6.08 Å². The number of halogens is 1. The summed E-state index contributed by atoms with van der Waals surface area (Å²) in [6, 6.07) is 19.9. The highest BCUT2D eigenvalue weighted by molar-refractivity contribution is 5.51. The van der Waals surface area contributed by atoms with Crippen molar-refractivity contribution in [3.63, 3.8) is 0 Å². The van der Waals surface area contributed by atoms with Crippen LogP contribution in [0, 0.1) is 11.8 Å². The van der Waals surface area contributed by atoms with E-state index in [1.54, 1.807) is 6.08 Å². The molecule has 0 saturated heterocycles. The summed E-state index contributed by atoms with van der Waals surface area (Å²) in [5, 5.41) is 0. The van der Waals surface area contributed by atoms with E-state index in [0.717, 1.165) is 12.0 Å². The lowest BCUT2D eigenvalue weighted by Gasteiger charge is -1.94. The van der Waals surface area contributed by atoms with Crippen molar-refractivity contribution in [2.45, 2.75) is 12.8 Å². The average Bonchev–Trinajstić information content (AvgIpc) is 2.54. The first kappa shape index (κ1) is 14.8. The maximum atomic E-state index is 13.5. The van der Waals surface area contributed by atoms with E-state index in [2.05, 4.69) is 24.0 Å². The topological polar surface area (TPSA) is 0 Å². The van der Waals surface area contributed by atoms with Gasteiger partial charge in [-0.1, -0.05) is 78.7 Å². The van der Waals surface area contributed by atoms with Crippen LogP contribution in [0.4, 0.5) is 4.39 Å². The standard InChI is InChI=1S/C20H17F/c21-20(17-9-15-19-12-5-2-6-13-19)16-8-7-14-18-10-3-1-4-11-18/h1-6,9-13,15,17H,7,14H2/b15-9+,20-17+. The molecule has 0 unspecified atom stereocenters. The summed E-state index contributed by atoms with van der Waals surface area (Å²) in [5.41, 5.74) is 2.26. The molecule has 0 aliphatic heterocycles. The van der Waals surface area contributed by atoms with Crippen LogP contribution in [0.5, 0.6) is 0 Å². The molecule has 0 aliphatic carbocycles. The van der Waals surface area contributed by atoms with Crippen molar-refractivity contribution in [3.05, 3.63) is 89.8 Å². The third kappa shape index (κ3) is 5.93. The zero-order chi connectivity index (χ0) is 14.8. The summed E-state index contributed by atoms with van der Waals surface area (Å²) in [4.78, 5) is 0. The number of hydrogen-bond donors (Lipinski definition) is 0. The van der Waals surface area contributed by atoms with Crippen LogP contribution in [-0.4, -0.2) is 0 Å². The lowest BCUT2D eigenvalue weighted by Crippen LogP contribution is -1.81. The summed E-state index contributed by atoms with van der Waals surface area (Å²) in [6.45, 7) is 0. The van der Waals surface area contributed by atoms with E-state index < -0.39 is 5.83 Å². The Kier molecular flexibility index (Phi) is 6.03. The molecule has 0 amide bonds. The third-order valence-electron chi connectivity index (χ3n) is 2.92. The monoisotopic (exact) mass is 276 g/mol. The van der Waals surface area contributed by atoms with E-state index in [-0.39, 0.29) is 0 Å². The van der Waals surface area contributed by atoms with Crippen molar-refractivity contribution in [3.8, 4) is 11.8 Å². The maximum absolute atomic E-state index is 13.5. The van der Waals surface area contributed by atoms with Crippen molar-refractivity contribution in [1.29, 1.82) is 0 Å². The van der Waals surface area contributed by atoms with Crippen LogP contribution >= 0.6 is 0 Å². The van der Waals surface area contributed by atoms with Gasteiger partial charge in [-0.3, -0.25) is 0 Å². The zero-order valence-corrected chi connectivity index (χ0v) is 11.8. The summed E-state index contributed by atoms with van der Waals surface area (Å²) >= 11 is 0. The van der Waals surface area contributed by atoms with Crippen molar-refractivity contribution < 1.29 is 4.39 Å². The summed E-state index contributed by atoms with van der Waals surface area (Å²) in [7, 11) is 0. The van der Waals surface area contributed by atoms with Gasteiger partial charge >= 0.3 is 0 Å². The SMILES string of the molecule is F/C(C#CCCc1ccccc1)=C/C=C/c1ccccc1. The molecular formula is C20H17F. The van der Waals surface area contributed by atoms with Gasteiger partial charge in [0.25, 0.3) is 0 Å². The molecule has 0 aromatic heterocycles. The third-order valence-corrected chi connectivity index (χ3v) is 2.92. The smallest absolute Gasteiger partial charge is 0.173 e. The molecule has 2 aromatic carbocycles. The largest absolute Gasteiger partial charge is 0.197 e. The molecule has 0 nitrogen and oxygen atoms in total. The van der Waals surface area contributed by atoms with E-state index in [0.29, 0.717) is 6.42 Å². The number of benzene rings is 2. The van der Waals surface area contributed by atoms with E-state index in [4.69, 9.17) is 0 Å². The van der Waals surface area contributed by atoms with Gasteiger partial charge in [0.15, 0.2) is 5.83 Å². The van der Waals surface area contributed by atoms with Crippen molar-refractivity contribution in [2.75, 3.05) is 0 Å². The molecule has 1 heteroatoms. The molecule has 0 atom stereocenters. The Morgan fingerprint density at radius 3 is 2.33 bits per heavy atom. The van der Waals surface area contributed by atoms with Gasteiger partial charge in [0.05, 0.1) is 0 Å². The fourth-order valence-electron chi connectivity index (χ4n) is 1.85. The molecule has 0 heterocycles. The Morgan fingerprint density at radius 1 is 0.952 bits per heavy atom. The fraction of sp³-hybridized carbons (Fsp3) is 0.100. The van der Waals surface area contributed by atoms with Crippen LogP contribution in [0.15, 0.2) is 78.6 Å². The quantitative estimate of drug-likeness (QED) is 0.532. The van der Waals surface area contributed by atoms with Gasteiger partial charge in [-0.2, -0.15) is 4.39 Å². The van der Waals surface area contributed by atoms with E-state index >= 15 is 0 Å². The number of allylic oxidation sites excluding steroid dienone is 3. The predicted octanol–water partition coefficient (Wildman–Crippen LogP) is 5.19. The Hall–Kier alpha value is -2.59. The molecule has 2 rings (SSSR count). The summed E-state index contributed by atoms with van der Waals surface area (Å²) in [5.74, 6) is 4.98. The summed E-state index contributed by atoms with van der Waals surface area (Å²) < 4.78 is 13.5. The fourth-order valence-corrected chi connectivity index (χ4v) is 1.85. The first-order valence-corrected chi connectivity index (χ1v) is 6.96. The Balaban J connectivity index is 1.81. The molecule has 2 aromatic rings. The first-order chi connectivity index (χ1) is 10.3. The van der Waals surface area contributed by atoms with Gasteiger partial charge < -0.3 is 0 Å². The Labute approximate surface area is 125 Å². The zero-order valence-electron chi connectivity index (χ0n) is 11.8. The van der Waals surface area contributed by atoms with Crippen LogP contribution in [0.3, 0.4) is 0 Å². The van der Waals surface area contributed by atoms with Crippen molar-refractivity contribution in [1.82, 2.24) is 0 Å². The van der Waals surface area contributed by atoms with Crippen LogP contribution in [0.2, 0.25) is 0 Å². The second-order valence-corrected chi connectivity index (χ2v) is 4.57. The Bertz CT molecular complexity index is 655. The minimum absolute atomic E-state index is 0.407.